The predicted octanol–water partition coefficient (Wildman–Crippen LogP) is 4.61. The van der Waals surface area contributed by atoms with Crippen LogP contribution in [0.3, 0.4) is 0 Å². The Morgan fingerprint density at radius 2 is 1.97 bits per heavy atom. The van der Waals surface area contributed by atoms with Gasteiger partial charge in [-0.1, -0.05) is 35.1 Å². The van der Waals surface area contributed by atoms with Crippen LogP contribution >= 0.6 is 22.9 Å². The maximum absolute atomic E-state index is 14.3. The van der Waals surface area contributed by atoms with E-state index in [-0.39, 0.29) is 27.3 Å². The Morgan fingerprint density at radius 1 is 1.22 bits per heavy atom. The van der Waals surface area contributed by atoms with Crippen LogP contribution in [-0.2, 0) is 13.2 Å². The highest BCUT2D eigenvalue weighted by molar-refractivity contribution is 7.20. The van der Waals surface area contributed by atoms with Crippen molar-refractivity contribution in [3.8, 4) is 22.3 Å². The fraction of sp³-hybridized carbons (Fsp3) is 0.143. The number of carbonyl (C=O) groups excluding carboxylic acids is 1. The standard InChI is InChI=1S/C21H14ClF3N8O2S/c1-32-16(19(34)29-10-8-12(22)18(26-9-10)33-27-6-7-28-33)14(21(23,24)25)15(31-32)11-4-3-5-13-17(11)36-20(30-13)35-2/h3-9H,1-2H3,(H,29,34). The SMILES string of the molecule is COc1nc2cccc(-c3nn(C)c(C(=O)Nc4cnc(-n5nccn5)c(Cl)c4)c3C(F)(F)F)c2s1. The number of rotatable bonds is 5. The molecule has 0 atom stereocenters. The average molecular weight is 535 g/mol. The molecule has 184 valence electrons. The Bertz CT molecular complexity index is 1600. The number of benzene rings is 1. The lowest BCUT2D eigenvalue weighted by molar-refractivity contribution is -0.137. The number of hydrogen-bond donors (Lipinski definition) is 1. The molecular formula is C21H14ClF3N8O2S. The molecule has 5 aromatic rings. The first-order valence-electron chi connectivity index (χ1n) is 10.1. The monoisotopic (exact) mass is 534 g/mol. The predicted molar refractivity (Wildman–Crippen MR) is 125 cm³/mol. The van der Waals surface area contributed by atoms with E-state index in [1.165, 1.54) is 44.9 Å². The lowest BCUT2D eigenvalue weighted by Gasteiger charge is -2.12. The zero-order valence-electron chi connectivity index (χ0n) is 18.4. The normalized spacial score (nSPS) is 11.7. The summed E-state index contributed by atoms with van der Waals surface area (Å²) < 4.78 is 49.5. The molecule has 1 amide bonds. The molecule has 0 aliphatic carbocycles. The van der Waals surface area contributed by atoms with Crippen LogP contribution in [0.2, 0.25) is 5.02 Å². The minimum absolute atomic E-state index is 0.0751. The van der Waals surface area contributed by atoms with E-state index in [9.17, 15) is 18.0 Å². The fourth-order valence-electron chi connectivity index (χ4n) is 3.61. The quantitative estimate of drug-likeness (QED) is 0.350. The van der Waals surface area contributed by atoms with Crippen LogP contribution in [0.15, 0.2) is 42.9 Å². The zero-order valence-corrected chi connectivity index (χ0v) is 20.0. The van der Waals surface area contributed by atoms with Crippen LogP contribution in [0.1, 0.15) is 16.1 Å². The molecule has 0 aliphatic heterocycles. The zero-order chi connectivity index (χ0) is 25.6. The number of ether oxygens (including phenoxy) is 1. The molecule has 0 saturated carbocycles. The van der Waals surface area contributed by atoms with Crippen LogP contribution in [-0.4, -0.2) is 47.8 Å². The largest absolute Gasteiger partial charge is 0.473 e. The first-order chi connectivity index (χ1) is 17.2. The summed E-state index contributed by atoms with van der Waals surface area (Å²) in [4.78, 5) is 22.6. The Morgan fingerprint density at radius 3 is 2.64 bits per heavy atom. The van der Waals surface area contributed by atoms with Gasteiger partial charge < -0.3 is 10.1 Å². The minimum Gasteiger partial charge on any atom is -0.473 e. The van der Waals surface area contributed by atoms with Crippen molar-refractivity contribution in [2.24, 2.45) is 7.05 Å². The van der Waals surface area contributed by atoms with Crippen molar-refractivity contribution >= 4 is 44.7 Å². The summed E-state index contributed by atoms with van der Waals surface area (Å²) >= 11 is 7.29. The third kappa shape index (κ3) is 4.13. The van der Waals surface area contributed by atoms with Crippen molar-refractivity contribution in [1.29, 1.82) is 0 Å². The van der Waals surface area contributed by atoms with Crippen LogP contribution < -0.4 is 10.1 Å². The van der Waals surface area contributed by atoms with Gasteiger partial charge in [-0.05, 0) is 12.1 Å². The number of fused-ring (bicyclic) bond motifs is 1. The van der Waals surface area contributed by atoms with E-state index in [0.717, 1.165) is 20.8 Å². The maximum Gasteiger partial charge on any atom is 0.420 e. The van der Waals surface area contributed by atoms with Crippen molar-refractivity contribution in [3.63, 3.8) is 0 Å². The lowest BCUT2D eigenvalue weighted by atomic mass is 10.0. The van der Waals surface area contributed by atoms with Crippen molar-refractivity contribution in [3.05, 3.63) is 59.1 Å². The number of pyridine rings is 1. The van der Waals surface area contributed by atoms with Gasteiger partial charge in [-0.3, -0.25) is 9.48 Å². The molecule has 0 unspecified atom stereocenters. The van der Waals surface area contributed by atoms with Gasteiger partial charge in [0.25, 0.3) is 11.1 Å². The van der Waals surface area contributed by atoms with E-state index >= 15 is 0 Å². The second kappa shape index (κ2) is 8.87. The molecule has 4 heterocycles. The summed E-state index contributed by atoms with van der Waals surface area (Å²) in [6, 6.07) is 6.04. The van der Waals surface area contributed by atoms with Gasteiger partial charge in [-0.2, -0.15) is 28.5 Å². The van der Waals surface area contributed by atoms with Crippen LogP contribution in [0.25, 0.3) is 27.3 Å². The van der Waals surface area contributed by atoms with E-state index in [2.05, 4.69) is 30.6 Å². The van der Waals surface area contributed by atoms with Gasteiger partial charge >= 0.3 is 6.18 Å². The number of aryl methyl sites for hydroxylation is 1. The molecule has 0 fully saturated rings. The number of amides is 1. The van der Waals surface area contributed by atoms with E-state index in [1.54, 1.807) is 12.1 Å². The summed E-state index contributed by atoms with van der Waals surface area (Å²) in [6.45, 7) is 0. The van der Waals surface area contributed by atoms with E-state index in [1.807, 2.05) is 0 Å². The highest BCUT2D eigenvalue weighted by atomic mass is 35.5. The minimum atomic E-state index is -4.89. The molecule has 36 heavy (non-hydrogen) atoms. The first kappa shape index (κ1) is 23.7. The number of hydrogen-bond acceptors (Lipinski definition) is 8. The van der Waals surface area contributed by atoms with Crippen molar-refractivity contribution in [1.82, 2.24) is 34.7 Å². The van der Waals surface area contributed by atoms with Gasteiger partial charge in [0.2, 0.25) is 0 Å². The molecule has 15 heteroatoms. The topological polar surface area (TPSA) is 113 Å². The lowest BCUT2D eigenvalue weighted by Crippen LogP contribution is -2.21. The Balaban J connectivity index is 1.57. The second-order valence-electron chi connectivity index (χ2n) is 7.33. The summed E-state index contributed by atoms with van der Waals surface area (Å²) in [5, 5.41) is 14.7. The molecular weight excluding hydrogens is 521 g/mol. The number of alkyl halides is 3. The van der Waals surface area contributed by atoms with Crippen LogP contribution in [0.4, 0.5) is 18.9 Å². The van der Waals surface area contributed by atoms with Crippen molar-refractivity contribution in [2.45, 2.75) is 6.18 Å². The molecule has 4 aromatic heterocycles. The van der Waals surface area contributed by atoms with Gasteiger partial charge in [0.05, 0.1) is 46.6 Å². The molecule has 10 nitrogen and oxygen atoms in total. The Hall–Kier alpha value is -4.04. The van der Waals surface area contributed by atoms with Gasteiger partial charge in [-0.25, -0.2) is 9.97 Å². The van der Waals surface area contributed by atoms with Gasteiger partial charge in [0.1, 0.15) is 17.0 Å². The number of halogens is 4. The average Bonchev–Trinajstić information content (AvgIpc) is 3.56. The van der Waals surface area contributed by atoms with Crippen molar-refractivity contribution < 1.29 is 22.7 Å². The third-order valence-electron chi connectivity index (χ3n) is 5.06. The second-order valence-corrected chi connectivity index (χ2v) is 8.70. The first-order valence-corrected chi connectivity index (χ1v) is 11.3. The van der Waals surface area contributed by atoms with Crippen molar-refractivity contribution in [2.75, 3.05) is 12.4 Å². The van der Waals surface area contributed by atoms with E-state index in [4.69, 9.17) is 16.3 Å². The number of nitrogens with one attached hydrogen (secondary N) is 1. The summed E-state index contributed by atoms with van der Waals surface area (Å²) in [5.74, 6) is -0.855. The third-order valence-corrected chi connectivity index (χ3v) is 6.40. The maximum atomic E-state index is 14.3. The summed E-state index contributed by atoms with van der Waals surface area (Å²) in [7, 11) is 2.68. The number of carbonyl (C=O) groups is 1. The molecule has 0 aliphatic rings. The van der Waals surface area contributed by atoms with E-state index in [0.29, 0.717) is 10.2 Å². The molecule has 5 rings (SSSR count). The Labute approximate surface area is 209 Å². The molecule has 0 spiro atoms. The highest BCUT2D eigenvalue weighted by Gasteiger charge is 2.42. The fourth-order valence-corrected chi connectivity index (χ4v) is 4.74. The molecule has 1 aromatic carbocycles. The number of aromatic nitrogens is 7. The number of thiazole rings is 1. The van der Waals surface area contributed by atoms with Gasteiger partial charge in [0.15, 0.2) is 5.82 Å². The van der Waals surface area contributed by atoms with Gasteiger partial charge in [-0.15, -0.1) is 4.80 Å². The molecule has 0 saturated heterocycles. The number of nitrogens with zero attached hydrogens (tertiary/aromatic N) is 7. The van der Waals surface area contributed by atoms with Crippen LogP contribution in [0.5, 0.6) is 5.19 Å². The number of anilines is 1. The van der Waals surface area contributed by atoms with Gasteiger partial charge in [0, 0.05) is 12.6 Å². The smallest absolute Gasteiger partial charge is 0.420 e. The summed E-state index contributed by atoms with van der Waals surface area (Å²) in [6.07, 6.45) is -0.805. The van der Waals surface area contributed by atoms with Crippen LogP contribution in [0, 0.1) is 0 Å². The Kier molecular flexibility index (Phi) is 5.84. The molecule has 1 N–H and O–H groups in total. The summed E-state index contributed by atoms with van der Waals surface area (Å²) in [5.41, 5.74) is -1.56. The molecule has 0 bridgehead atoms. The molecule has 0 radical (unpaired) electrons. The van der Waals surface area contributed by atoms with E-state index < -0.39 is 29.0 Å². The number of methoxy groups -OCH3 is 1. The highest BCUT2D eigenvalue weighted by Crippen LogP contribution is 2.43.